The SMILES string of the molecule is CCc1nn(CC)c(CC(O)C(O)C2CCCCC2)c1Cl. The first-order valence-electron chi connectivity index (χ1n) is 8.18. The van der Waals surface area contributed by atoms with Gasteiger partial charge in [-0.3, -0.25) is 4.68 Å². The molecule has 1 saturated carbocycles. The molecule has 120 valence electrons. The van der Waals surface area contributed by atoms with Gasteiger partial charge < -0.3 is 10.2 Å². The van der Waals surface area contributed by atoms with Gasteiger partial charge in [-0.25, -0.2) is 0 Å². The van der Waals surface area contributed by atoms with Crippen molar-refractivity contribution in [1.29, 1.82) is 0 Å². The van der Waals surface area contributed by atoms with Crippen molar-refractivity contribution in [2.24, 2.45) is 5.92 Å². The second kappa shape index (κ2) is 7.61. The number of rotatable bonds is 6. The van der Waals surface area contributed by atoms with E-state index < -0.39 is 12.2 Å². The van der Waals surface area contributed by atoms with E-state index in [1.165, 1.54) is 6.42 Å². The first kappa shape index (κ1) is 16.8. The van der Waals surface area contributed by atoms with Gasteiger partial charge in [-0.15, -0.1) is 0 Å². The zero-order chi connectivity index (χ0) is 15.4. The molecule has 1 fully saturated rings. The van der Waals surface area contributed by atoms with Crippen LogP contribution in [0.4, 0.5) is 0 Å². The number of hydrogen-bond donors (Lipinski definition) is 2. The van der Waals surface area contributed by atoms with Crippen molar-refractivity contribution in [2.45, 2.75) is 77.5 Å². The standard InChI is InChI=1S/C16H27ClN2O2/c1-3-12-15(17)13(19(4-2)18-12)10-14(20)16(21)11-8-6-5-7-9-11/h11,14,16,20-21H,3-10H2,1-2H3. The first-order chi connectivity index (χ1) is 10.1. The first-order valence-corrected chi connectivity index (χ1v) is 8.56. The molecule has 1 heterocycles. The molecule has 0 spiro atoms. The maximum Gasteiger partial charge on any atom is 0.0857 e. The van der Waals surface area contributed by atoms with Crippen molar-refractivity contribution in [3.8, 4) is 0 Å². The second-order valence-corrected chi connectivity index (χ2v) is 6.41. The molecule has 21 heavy (non-hydrogen) atoms. The summed E-state index contributed by atoms with van der Waals surface area (Å²) in [4.78, 5) is 0. The molecule has 1 aliphatic carbocycles. The van der Waals surface area contributed by atoms with Crippen LogP contribution in [-0.4, -0.2) is 32.2 Å². The molecule has 0 aliphatic heterocycles. The summed E-state index contributed by atoms with van der Waals surface area (Å²) in [6.07, 6.45) is 5.30. The third kappa shape index (κ3) is 3.79. The molecule has 2 N–H and O–H groups in total. The highest BCUT2D eigenvalue weighted by molar-refractivity contribution is 6.31. The third-order valence-corrected chi connectivity index (χ3v) is 5.06. The van der Waals surface area contributed by atoms with Crippen molar-refractivity contribution in [3.05, 3.63) is 16.4 Å². The molecule has 0 aromatic carbocycles. The zero-order valence-corrected chi connectivity index (χ0v) is 13.8. The molecule has 0 bridgehead atoms. The molecular weight excluding hydrogens is 288 g/mol. The number of nitrogens with zero attached hydrogens (tertiary/aromatic N) is 2. The molecule has 0 amide bonds. The van der Waals surface area contributed by atoms with Crippen molar-refractivity contribution in [1.82, 2.24) is 9.78 Å². The molecule has 4 nitrogen and oxygen atoms in total. The van der Waals surface area contributed by atoms with Crippen LogP contribution in [0, 0.1) is 5.92 Å². The van der Waals surface area contributed by atoms with Gasteiger partial charge in [0.15, 0.2) is 0 Å². The summed E-state index contributed by atoms with van der Waals surface area (Å²) in [5.74, 6) is 0.219. The predicted molar refractivity (Wildman–Crippen MR) is 84.6 cm³/mol. The predicted octanol–water partition coefficient (Wildman–Crippen LogP) is 2.96. The van der Waals surface area contributed by atoms with Gasteiger partial charge >= 0.3 is 0 Å². The quantitative estimate of drug-likeness (QED) is 0.848. The Morgan fingerprint density at radius 1 is 1.24 bits per heavy atom. The number of aliphatic hydroxyl groups is 2. The minimum absolute atomic E-state index is 0.219. The molecule has 1 aliphatic rings. The van der Waals surface area contributed by atoms with Crippen LogP contribution in [0.25, 0.3) is 0 Å². The molecular formula is C16H27ClN2O2. The van der Waals surface area contributed by atoms with E-state index in [1.54, 1.807) is 0 Å². The number of aromatic nitrogens is 2. The van der Waals surface area contributed by atoms with Crippen LogP contribution in [-0.2, 0) is 19.4 Å². The lowest BCUT2D eigenvalue weighted by molar-refractivity contribution is -0.0271. The summed E-state index contributed by atoms with van der Waals surface area (Å²) in [5.41, 5.74) is 1.71. The van der Waals surface area contributed by atoms with Gasteiger partial charge in [0.2, 0.25) is 0 Å². The van der Waals surface area contributed by atoms with Crippen LogP contribution in [0.5, 0.6) is 0 Å². The van der Waals surface area contributed by atoms with Gasteiger partial charge in [0.05, 0.1) is 28.6 Å². The number of halogens is 1. The van der Waals surface area contributed by atoms with E-state index in [-0.39, 0.29) is 5.92 Å². The molecule has 0 saturated heterocycles. The van der Waals surface area contributed by atoms with Crippen LogP contribution in [0.3, 0.4) is 0 Å². The highest BCUT2D eigenvalue weighted by Gasteiger charge is 2.29. The fourth-order valence-electron chi connectivity index (χ4n) is 3.32. The van der Waals surface area contributed by atoms with Gasteiger partial charge in [-0.2, -0.15) is 5.10 Å². The Kier molecular flexibility index (Phi) is 6.08. The Hall–Kier alpha value is -0.580. The lowest BCUT2D eigenvalue weighted by Crippen LogP contribution is -2.36. The van der Waals surface area contributed by atoms with Crippen LogP contribution in [0.15, 0.2) is 0 Å². The fourth-order valence-corrected chi connectivity index (χ4v) is 3.67. The molecule has 5 heteroatoms. The van der Waals surface area contributed by atoms with E-state index in [9.17, 15) is 10.2 Å². The number of hydrogen-bond acceptors (Lipinski definition) is 3. The van der Waals surface area contributed by atoms with Crippen LogP contribution >= 0.6 is 11.6 Å². The lowest BCUT2D eigenvalue weighted by atomic mass is 9.82. The number of aliphatic hydroxyl groups excluding tert-OH is 2. The maximum absolute atomic E-state index is 10.4. The second-order valence-electron chi connectivity index (χ2n) is 6.04. The van der Waals surface area contributed by atoms with Gasteiger partial charge in [0, 0.05) is 13.0 Å². The van der Waals surface area contributed by atoms with E-state index in [4.69, 9.17) is 11.6 Å². The van der Waals surface area contributed by atoms with Crippen molar-refractivity contribution in [3.63, 3.8) is 0 Å². The Labute approximate surface area is 132 Å². The van der Waals surface area contributed by atoms with E-state index in [1.807, 2.05) is 18.5 Å². The summed E-state index contributed by atoms with van der Waals surface area (Å²) >= 11 is 6.37. The molecule has 0 radical (unpaired) electrons. The van der Waals surface area contributed by atoms with Gasteiger partial charge in [-0.1, -0.05) is 37.8 Å². The minimum atomic E-state index is -0.766. The normalized spacial score (nSPS) is 19.7. The van der Waals surface area contributed by atoms with Crippen LogP contribution < -0.4 is 0 Å². The Morgan fingerprint density at radius 3 is 2.48 bits per heavy atom. The zero-order valence-electron chi connectivity index (χ0n) is 13.1. The highest BCUT2D eigenvalue weighted by Crippen LogP contribution is 2.30. The Bertz CT molecular complexity index is 455. The molecule has 2 rings (SSSR count). The van der Waals surface area contributed by atoms with Crippen molar-refractivity contribution in [2.75, 3.05) is 0 Å². The Morgan fingerprint density at radius 2 is 1.90 bits per heavy atom. The summed E-state index contributed by atoms with van der Waals surface area (Å²) in [6, 6.07) is 0. The van der Waals surface area contributed by atoms with E-state index in [2.05, 4.69) is 5.10 Å². The fraction of sp³-hybridized carbons (Fsp3) is 0.812. The van der Waals surface area contributed by atoms with Gasteiger partial charge in [0.25, 0.3) is 0 Å². The summed E-state index contributed by atoms with van der Waals surface area (Å²) in [7, 11) is 0. The monoisotopic (exact) mass is 314 g/mol. The smallest absolute Gasteiger partial charge is 0.0857 e. The van der Waals surface area contributed by atoms with E-state index >= 15 is 0 Å². The summed E-state index contributed by atoms with van der Waals surface area (Å²) < 4.78 is 1.85. The lowest BCUT2D eigenvalue weighted by Gasteiger charge is -2.29. The van der Waals surface area contributed by atoms with Gasteiger partial charge in [-0.05, 0) is 32.1 Å². The third-order valence-electron chi connectivity index (χ3n) is 4.62. The summed E-state index contributed by atoms with van der Waals surface area (Å²) in [5, 5.41) is 25.9. The van der Waals surface area contributed by atoms with Crippen LogP contribution in [0.1, 0.15) is 57.3 Å². The summed E-state index contributed by atoms with van der Waals surface area (Å²) in [6.45, 7) is 4.75. The van der Waals surface area contributed by atoms with Crippen molar-refractivity contribution < 1.29 is 10.2 Å². The van der Waals surface area contributed by atoms with E-state index in [0.29, 0.717) is 11.4 Å². The molecule has 1 aromatic heterocycles. The Balaban J connectivity index is 2.07. The van der Waals surface area contributed by atoms with E-state index in [0.717, 1.165) is 50.0 Å². The largest absolute Gasteiger partial charge is 0.390 e. The van der Waals surface area contributed by atoms with Crippen LogP contribution in [0.2, 0.25) is 5.02 Å². The molecule has 2 atom stereocenters. The topological polar surface area (TPSA) is 58.3 Å². The maximum atomic E-state index is 10.4. The molecule has 1 aromatic rings. The highest BCUT2D eigenvalue weighted by atomic mass is 35.5. The average Bonchev–Trinajstić information content (AvgIpc) is 2.83. The van der Waals surface area contributed by atoms with Crippen molar-refractivity contribution >= 4 is 11.6 Å². The minimum Gasteiger partial charge on any atom is -0.390 e. The average molecular weight is 315 g/mol. The molecule has 2 unspecified atom stereocenters. The number of aryl methyl sites for hydroxylation is 2. The van der Waals surface area contributed by atoms with Gasteiger partial charge in [0.1, 0.15) is 0 Å².